The number of likely N-dealkylation sites (N-methyl/N-ethyl adjacent to an activating group) is 1. The fourth-order valence-corrected chi connectivity index (χ4v) is 10.6. The molecule has 1 unspecified atom stereocenters. The third kappa shape index (κ3) is 16.8. The van der Waals surface area contributed by atoms with E-state index >= 15 is 0 Å². The van der Waals surface area contributed by atoms with Crippen LogP contribution >= 0.6 is 0 Å². The van der Waals surface area contributed by atoms with E-state index in [0.717, 1.165) is 146 Å². The Balaban J connectivity index is 0.913. The molecule has 0 radical (unpaired) electrons. The van der Waals surface area contributed by atoms with Crippen LogP contribution in [0.15, 0.2) is 140 Å². The second-order valence-electron chi connectivity index (χ2n) is 21.3. The van der Waals surface area contributed by atoms with Gasteiger partial charge in [-0.05, 0) is 129 Å². The van der Waals surface area contributed by atoms with Gasteiger partial charge in [-0.25, -0.2) is 19.9 Å². The Kier molecular flexibility index (Phi) is 20.1. The lowest BCUT2D eigenvalue weighted by Gasteiger charge is -2.34. The van der Waals surface area contributed by atoms with Crippen molar-refractivity contribution in [1.82, 2.24) is 49.8 Å². The number of hydrogen-bond acceptors (Lipinski definition) is 16. The zero-order valence-electron chi connectivity index (χ0n) is 47.8. The van der Waals surface area contributed by atoms with E-state index in [4.69, 9.17) is 24.4 Å². The van der Waals surface area contributed by atoms with E-state index in [2.05, 4.69) is 145 Å². The number of amides is 2. The van der Waals surface area contributed by atoms with Gasteiger partial charge in [0.05, 0.1) is 29.6 Å². The molecule has 2 aromatic heterocycles. The minimum atomic E-state index is -0.296. The number of carbonyl (C=O) groups excluding carboxylic acids is 2. The van der Waals surface area contributed by atoms with Gasteiger partial charge >= 0.3 is 0 Å². The predicted molar refractivity (Wildman–Crippen MR) is 330 cm³/mol. The molecule has 2 fully saturated rings. The maximum atomic E-state index is 12.3. The van der Waals surface area contributed by atoms with Crippen molar-refractivity contribution in [3.63, 3.8) is 0 Å². The first-order valence-electron chi connectivity index (χ1n) is 29.0. The smallest absolute Gasteiger partial charge is 0.298 e. The molecule has 18 heteroatoms. The molecule has 4 aliphatic rings. The molecule has 10 rings (SSSR count). The molecule has 0 saturated carbocycles. The molecule has 0 aliphatic carbocycles. The first-order chi connectivity index (χ1) is 40.7. The standard InChI is InChI=1S/C65H76N14O4/c1-4-13-63(81)79-33-27-76(28-34-79)25-12-21-67-53-36-48-37-55(42-53)70-64-69-22-19-59(72-64)50-14-9-18-58(40-50)83-47-52(16-11-20-66-45-48)61-44-60-51-15-10-17-57(41-51)82-35-8-6-7-24-75(3)46-49-38-54(43-56(39-49)71-65(73-60)74-61)68-23-26-77-29-31-78(32-30-77)62(80)5-2/h5-7,9-11,14-19,22,36-44,52,66-68H,2,8,12,20-21,23-35,45-47H2,1,3H3,(H,69,70,72)(H,71,73,74)/b7-6+,16-11+. The Morgan fingerprint density at radius 2 is 1.41 bits per heavy atom. The number of hydrogen-bond donors (Lipinski definition) is 5. The molecule has 2 saturated heterocycles. The first kappa shape index (κ1) is 57.6. The Morgan fingerprint density at radius 3 is 2.18 bits per heavy atom. The summed E-state index contributed by atoms with van der Waals surface area (Å²) in [7, 11) is 2.13. The van der Waals surface area contributed by atoms with Crippen LogP contribution in [0.3, 0.4) is 0 Å². The molecule has 4 aromatic carbocycles. The number of ether oxygens (including phenoxy) is 2. The van der Waals surface area contributed by atoms with Gasteiger partial charge in [-0.1, -0.05) is 61.1 Å². The molecule has 12 bridgehead atoms. The van der Waals surface area contributed by atoms with Crippen molar-refractivity contribution in [2.45, 2.75) is 38.8 Å². The summed E-state index contributed by atoms with van der Waals surface area (Å²) in [4.78, 5) is 55.4. The molecule has 6 aromatic rings. The summed E-state index contributed by atoms with van der Waals surface area (Å²) in [5, 5.41) is 18.2. The van der Waals surface area contributed by atoms with Crippen LogP contribution in [-0.4, -0.2) is 168 Å². The summed E-state index contributed by atoms with van der Waals surface area (Å²) in [6.45, 7) is 18.3. The Labute approximate surface area is 488 Å². The molecule has 430 valence electrons. The van der Waals surface area contributed by atoms with Gasteiger partial charge in [-0.15, -0.1) is 0 Å². The normalized spacial score (nSPS) is 18.0. The van der Waals surface area contributed by atoms with Gasteiger partial charge in [0.25, 0.3) is 5.91 Å². The highest BCUT2D eigenvalue weighted by Crippen LogP contribution is 2.32. The fourth-order valence-electron chi connectivity index (χ4n) is 10.6. The summed E-state index contributed by atoms with van der Waals surface area (Å²) in [5.74, 6) is 7.41. The van der Waals surface area contributed by atoms with Crippen molar-refractivity contribution in [3.05, 3.63) is 157 Å². The average Bonchev–Trinajstić information content (AvgIpc) is 3.66. The van der Waals surface area contributed by atoms with E-state index in [0.29, 0.717) is 70.1 Å². The van der Waals surface area contributed by atoms with E-state index < -0.39 is 0 Å². The zero-order chi connectivity index (χ0) is 57.2. The molecule has 4 aliphatic heterocycles. The van der Waals surface area contributed by atoms with Gasteiger partial charge in [0.2, 0.25) is 17.8 Å². The van der Waals surface area contributed by atoms with Crippen molar-refractivity contribution in [3.8, 4) is 45.9 Å². The van der Waals surface area contributed by atoms with E-state index in [1.165, 1.54) is 6.08 Å². The van der Waals surface area contributed by atoms with Gasteiger partial charge < -0.3 is 45.9 Å². The zero-order valence-corrected chi connectivity index (χ0v) is 47.8. The van der Waals surface area contributed by atoms with E-state index in [9.17, 15) is 9.59 Å². The lowest BCUT2D eigenvalue weighted by molar-refractivity contribution is -0.128. The maximum Gasteiger partial charge on any atom is 0.298 e. The molecule has 2 amide bonds. The minimum absolute atomic E-state index is 0.0105. The largest absolute Gasteiger partial charge is 0.493 e. The van der Waals surface area contributed by atoms with Crippen LogP contribution in [0, 0.1) is 11.8 Å². The second kappa shape index (κ2) is 28.9. The summed E-state index contributed by atoms with van der Waals surface area (Å²) >= 11 is 0. The quantitative estimate of drug-likeness (QED) is 0.0361. The highest BCUT2D eigenvalue weighted by Gasteiger charge is 2.22. The molecule has 5 N–H and O–H groups in total. The van der Waals surface area contributed by atoms with Crippen molar-refractivity contribution in [1.29, 1.82) is 0 Å². The van der Waals surface area contributed by atoms with Crippen LogP contribution in [0.1, 0.15) is 42.5 Å². The lowest BCUT2D eigenvalue weighted by atomic mass is 10.0. The maximum absolute atomic E-state index is 12.3. The minimum Gasteiger partial charge on any atom is -0.493 e. The van der Waals surface area contributed by atoms with Gasteiger partial charge in [0.15, 0.2) is 0 Å². The van der Waals surface area contributed by atoms with Gasteiger partial charge in [-0.3, -0.25) is 24.3 Å². The van der Waals surface area contributed by atoms with Gasteiger partial charge in [0.1, 0.15) is 18.1 Å². The summed E-state index contributed by atoms with van der Waals surface area (Å²) in [6, 6.07) is 33.0. The third-order valence-electron chi connectivity index (χ3n) is 15.0. The fraction of sp³-hybridized carbons (Fsp3) is 0.354. The summed E-state index contributed by atoms with van der Waals surface area (Å²) in [5.41, 5.74) is 10.0. The predicted octanol–water partition coefficient (Wildman–Crippen LogP) is 8.39. The number of fused-ring (bicyclic) bond motifs is 14. The van der Waals surface area contributed by atoms with Crippen molar-refractivity contribution < 1.29 is 19.1 Å². The molecule has 0 spiro atoms. The van der Waals surface area contributed by atoms with E-state index in [-0.39, 0.29) is 17.7 Å². The van der Waals surface area contributed by atoms with Crippen molar-refractivity contribution >= 4 is 46.5 Å². The van der Waals surface area contributed by atoms with E-state index in [1.54, 1.807) is 13.1 Å². The number of aromatic nitrogens is 4. The molecule has 1 atom stereocenters. The van der Waals surface area contributed by atoms with Crippen molar-refractivity contribution in [2.24, 2.45) is 0 Å². The molecule has 83 heavy (non-hydrogen) atoms. The monoisotopic (exact) mass is 1120 g/mol. The molecule has 6 heterocycles. The van der Waals surface area contributed by atoms with Gasteiger partial charge in [-0.2, -0.15) is 0 Å². The number of benzene rings is 4. The topological polar surface area (TPSA) is 181 Å². The lowest BCUT2D eigenvalue weighted by Crippen LogP contribution is -2.49. The number of carbonyl (C=O) groups is 2. The van der Waals surface area contributed by atoms with Crippen molar-refractivity contribution in [2.75, 3.05) is 133 Å². The van der Waals surface area contributed by atoms with E-state index in [1.807, 2.05) is 58.3 Å². The summed E-state index contributed by atoms with van der Waals surface area (Å²) < 4.78 is 13.0. The van der Waals surface area contributed by atoms with Crippen LogP contribution in [-0.2, 0) is 22.7 Å². The number of nitrogens with one attached hydrogen (secondary N) is 5. The van der Waals surface area contributed by atoms with Crippen LogP contribution in [0.2, 0.25) is 0 Å². The van der Waals surface area contributed by atoms with Crippen LogP contribution < -0.4 is 36.1 Å². The SMILES string of the molecule is C=CC(=O)N1CCN(CCNc2cc3cc(c2)Nc2nc(cc(C4/C=C/CNCc5cc(NCCCN6CCN(C(=O)C#CC)CC6)cc(c5)Nc5nccc(n5)-c5cccc(c5)OC4)n2)-c2cccc(c2)OCC/C=C/CN(C)C3)CC1. The van der Waals surface area contributed by atoms with Crippen LogP contribution in [0.25, 0.3) is 22.5 Å². The first-order valence-corrected chi connectivity index (χ1v) is 29.0. The number of piperazine rings is 2. The highest BCUT2D eigenvalue weighted by atomic mass is 16.5. The van der Waals surface area contributed by atoms with Gasteiger partial charge in [0, 0.05) is 138 Å². The molecular formula is C65H76N14O4. The molecule has 18 nitrogen and oxygen atoms in total. The third-order valence-corrected chi connectivity index (χ3v) is 15.0. The average molecular weight is 1120 g/mol. The van der Waals surface area contributed by atoms with Crippen LogP contribution in [0.4, 0.5) is 34.6 Å². The Morgan fingerprint density at radius 1 is 0.723 bits per heavy atom. The number of anilines is 6. The Hall–Kier alpha value is -8.60. The number of rotatable bonds is 11. The molecular weight excluding hydrogens is 1040 g/mol. The summed E-state index contributed by atoms with van der Waals surface area (Å²) in [6.07, 6.45) is 13.6. The number of nitrogens with zero attached hydrogens (tertiary/aromatic N) is 9. The Bertz CT molecular complexity index is 3320. The van der Waals surface area contributed by atoms with Crippen LogP contribution in [0.5, 0.6) is 11.5 Å². The highest BCUT2D eigenvalue weighted by molar-refractivity contribution is 5.93. The second-order valence-corrected chi connectivity index (χ2v) is 21.3.